The summed E-state index contributed by atoms with van der Waals surface area (Å²) in [6.07, 6.45) is 2.47. The van der Waals surface area contributed by atoms with Crippen LogP contribution in [0.4, 0.5) is 0 Å². The molecule has 1 aliphatic rings. The summed E-state index contributed by atoms with van der Waals surface area (Å²) in [5.41, 5.74) is 2.55. The molecule has 2 aromatic rings. The molecule has 0 spiro atoms. The van der Waals surface area contributed by atoms with Crippen LogP contribution in [0.1, 0.15) is 28.9 Å². The zero-order valence-corrected chi connectivity index (χ0v) is 9.79. The van der Waals surface area contributed by atoms with Crippen molar-refractivity contribution in [3.63, 3.8) is 0 Å². The molecule has 1 aromatic heterocycles. The van der Waals surface area contributed by atoms with Gasteiger partial charge in [-0.25, -0.2) is 0 Å². The van der Waals surface area contributed by atoms with Crippen molar-refractivity contribution in [3.05, 3.63) is 29.5 Å². The number of hydrogen-bond acceptors (Lipinski definition) is 2. The van der Waals surface area contributed by atoms with Crippen LogP contribution < -0.4 is 5.32 Å². The zero-order chi connectivity index (χ0) is 11.8. The molecule has 1 saturated carbocycles. The maximum Gasteiger partial charge on any atom is 0.272 e. The second kappa shape index (κ2) is 3.87. The maximum atomic E-state index is 12.0. The Labute approximate surface area is 99.4 Å². The highest BCUT2D eigenvalue weighted by atomic mass is 16.1. The number of aryl methyl sites for hydroxylation is 1. The molecule has 4 heteroatoms. The van der Waals surface area contributed by atoms with Gasteiger partial charge in [0.05, 0.1) is 5.52 Å². The van der Waals surface area contributed by atoms with Crippen LogP contribution in [0, 0.1) is 12.8 Å². The lowest BCUT2D eigenvalue weighted by molar-refractivity contribution is 0.0948. The molecule has 0 unspecified atom stereocenters. The predicted molar refractivity (Wildman–Crippen MR) is 65.9 cm³/mol. The summed E-state index contributed by atoms with van der Waals surface area (Å²) >= 11 is 0. The molecular formula is C13H15N3O. The predicted octanol–water partition coefficient (Wildman–Crippen LogP) is 2.01. The average molecular weight is 229 g/mol. The smallest absolute Gasteiger partial charge is 0.272 e. The van der Waals surface area contributed by atoms with Crippen LogP contribution in [-0.4, -0.2) is 22.6 Å². The molecule has 2 N–H and O–H groups in total. The number of aromatic amines is 1. The van der Waals surface area contributed by atoms with E-state index in [1.54, 1.807) is 0 Å². The van der Waals surface area contributed by atoms with E-state index in [9.17, 15) is 4.79 Å². The third-order valence-corrected chi connectivity index (χ3v) is 3.18. The van der Waals surface area contributed by atoms with Crippen molar-refractivity contribution in [1.82, 2.24) is 15.5 Å². The third kappa shape index (κ3) is 2.02. The fourth-order valence-electron chi connectivity index (χ4n) is 1.94. The average Bonchev–Trinajstić information content (AvgIpc) is 3.05. The summed E-state index contributed by atoms with van der Waals surface area (Å²) in [5.74, 6) is 0.611. The van der Waals surface area contributed by atoms with Gasteiger partial charge in [-0.3, -0.25) is 9.89 Å². The van der Waals surface area contributed by atoms with Gasteiger partial charge in [0.1, 0.15) is 0 Å². The summed E-state index contributed by atoms with van der Waals surface area (Å²) in [4.78, 5) is 12.0. The molecule has 1 aliphatic carbocycles. The van der Waals surface area contributed by atoms with Gasteiger partial charge in [0.25, 0.3) is 5.91 Å². The number of nitrogens with one attached hydrogen (secondary N) is 2. The van der Waals surface area contributed by atoms with Gasteiger partial charge in [0.2, 0.25) is 0 Å². The molecule has 1 fully saturated rings. The molecule has 0 radical (unpaired) electrons. The normalized spacial score (nSPS) is 15.1. The summed E-state index contributed by atoms with van der Waals surface area (Å²) in [6, 6.07) is 5.95. The highest BCUT2D eigenvalue weighted by molar-refractivity contribution is 6.04. The second-order valence-corrected chi connectivity index (χ2v) is 4.77. The first kappa shape index (κ1) is 10.3. The lowest BCUT2D eigenvalue weighted by atomic mass is 10.1. The quantitative estimate of drug-likeness (QED) is 0.845. The Morgan fingerprint density at radius 2 is 2.35 bits per heavy atom. The number of benzene rings is 1. The number of aromatic nitrogens is 2. The van der Waals surface area contributed by atoms with Crippen molar-refractivity contribution in [1.29, 1.82) is 0 Å². The van der Waals surface area contributed by atoms with Crippen LogP contribution in [0.3, 0.4) is 0 Å². The van der Waals surface area contributed by atoms with Gasteiger partial charge in [-0.15, -0.1) is 0 Å². The number of amides is 1. The van der Waals surface area contributed by atoms with E-state index >= 15 is 0 Å². The van der Waals surface area contributed by atoms with Gasteiger partial charge in [0.15, 0.2) is 5.69 Å². The molecule has 0 saturated heterocycles. The Bertz CT molecular complexity index is 569. The van der Waals surface area contributed by atoms with Crippen LogP contribution in [0.5, 0.6) is 0 Å². The van der Waals surface area contributed by atoms with Crippen LogP contribution in [0.15, 0.2) is 18.2 Å². The Morgan fingerprint density at radius 1 is 1.53 bits per heavy atom. The highest BCUT2D eigenvalue weighted by Gasteiger charge is 2.23. The van der Waals surface area contributed by atoms with Crippen LogP contribution >= 0.6 is 0 Å². The summed E-state index contributed by atoms with van der Waals surface area (Å²) in [5, 5.41) is 10.8. The standard InChI is InChI=1S/C13H15N3O/c1-8-2-5-11-10(6-8)12(16-15-11)13(17)14-7-9-3-4-9/h2,5-6,9H,3-4,7H2,1H3,(H,14,17)(H,15,16). The van der Waals surface area contributed by atoms with Gasteiger partial charge in [-0.1, -0.05) is 11.6 Å². The van der Waals surface area contributed by atoms with E-state index in [-0.39, 0.29) is 5.91 Å². The van der Waals surface area contributed by atoms with E-state index in [2.05, 4.69) is 15.5 Å². The Hall–Kier alpha value is -1.84. The van der Waals surface area contributed by atoms with E-state index < -0.39 is 0 Å². The number of nitrogens with zero attached hydrogens (tertiary/aromatic N) is 1. The van der Waals surface area contributed by atoms with Gasteiger partial charge < -0.3 is 5.32 Å². The molecular weight excluding hydrogens is 214 g/mol. The summed E-state index contributed by atoms with van der Waals surface area (Å²) < 4.78 is 0. The molecule has 3 rings (SSSR count). The highest BCUT2D eigenvalue weighted by Crippen LogP contribution is 2.27. The molecule has 0 atom stereocenters. The number of hydrogen-bond donors (Lipinski definition) is 2. The largest absolute Gasteiger partial charge is 0.350 e. The van der Waals surface area contributed by atoms with Gasteiger partial charge >= 0.3 is 0 Å². The zero-order valence-electron chi connectivity index (χ0n) is 9.79. The molecule has 88 valence electrons. The number of carbonyl (C=O) groups excluding carboxylic acids is 1. The first-order chi connectivity index (χ1) is 8.24. The van der Waals surface area contributed by atoms with Crippen LogP contribution in [0.2, 0.25) is 0 Å². The fraction of sp³-hybridized carbons (Fsp3) is 0.385. The van der Waals surface area contributed by atoms with E-state index in [0.717, 1.165) is 23.0 Å². The molecule has 1 heterocycles. The lowest BCUT2D eigenvalue weighted by Gasteiger charge is -2.01. The minimum atomic E-state index is -0.0752. The van der Waals surface area contributed by atoms with Gasteiger partial charge in [-0.2, -0.15) is 5.10 Å². The van der Waals surface area contributed by atoms with E-state index in [0.29, 0.717) is 11.6 Å². The summed E-state index contributed by atoms with van der Waals surface area (Å²) in [6.45, 7) is 2.79. The van der Waals surface area contributed by atoms with E-state index in [1.165, 1.54) is 12.8 Å². The maximum absolute atomic E-state index is 12.0. The monoisotopic (exact) mass is 229 g/mol. The second-order valence-electron chi connectivity index (χ2n) is 4.77. The molecule has 1 aromatic carbocycles. The molecule has 4 nitrogen and oxygen atoms in total. The van der Waals surface area contributed by atoms with Crippen molar-refractivity contribution < 1.29 is 4.79 Å². The SMILES string of the molecule is Cc1ccc2[nH]nc(C(=O)NCC3CC3)c2c1. The first-order valence-corrected chi connectivity index (χ1v) is 5.97. The van der Waals surface area contributed by atoms with Gasteiger partial charge in [-0.05, 0) is 37.8 Å². The topological polar surface area (TPSA) is 57.8 Å². The Kier molecular flexibility index (Phi) is 2.35. The molecule has 17 heavy (non-hydrogen) atoms. The lowest BCUT2D eigenvalue weighted by Crippen LogP contribution is -2.26. The Morgan fingerprint density at radius 3 is 3.12 bits per heavy atom. The van der Waals surface area contributed by atoms with Crippen molar-refractivity contribution in [2.75, 3.05) is 6.54 Å². The number of rotatable bonds is 3. The van der Waals surface area contributed by atoms with E-state index in [4.69, 9.17) is 0 Å². The first-order valence-electron chi connectivity index (χ1n) is 5.97. The minimum Gasteiger partial charge on any atom is -0.350 e. The van der Waals surface area contributed by atoms with Crippen LogP contribution in [0.25, 0.3) is 10.9 Å². The Balaban J connectivity index is 1.87. The minimum absolute atomic E-state index is 0.0752. The fourth-order valence-corrected chi connectivity index (χ4v) is 1.94. The summed E-state index contributed by atoms with van der Waals surface area (Å²) in [7, 11) is 0. The molecule has 1 amide bonds. The van der Waals surface area contributed by atoms with Crippen molar-refractivity contribution in [3.8, 4) is 0 Å². The van der Waals surface area contributed by atoms with E-state index in [1.807, 2.05) is 25.1 Å². The number of carbonyl (C=O) groups is 1. The number of fused-ring (bicyclic) bond motifs is 1. The van der Waals surface area contributed by atoms with Crippen molar-refractivity contribution >= 4 is 16.8 Å². The molecule has 0 aliphatic heterocycles. The molecule has 0 bridgehead atoms. The van der Waals surface area contributed by atoms with Crippen molar-refractivity contribution in [2.45, 2.75) is 19.8 Å². The van der Waals surface area contributed by atoms with Crippen molar-refractivity contribution in [2.24, 2.45) is 5.92 Å². The third-order valence-electron chi connectivity index (χ3n) is 3.18. The number of H-pyrrole nitrogens is 1. The van der Waals surface area contributed by atoms with Crippen LogP contribution in [-0.2, 0) is 0 Å². The van der Waals surface area contributed by atoms with Gasteiger partial charge in [0, 0.05) is 11.9 Å².